The quantitative estimate of drug-likeness (QED) is 0.228. The van der Waals surface area contributed by atoms with Gasteiger partial charge in [0.05, 0.1) is 42.0 Å². The third-order valence-corrected chi connectivity index (χ3v) is 9.44. The van der Waals surface area contributed by atoms with Crippen molar-refractivity contribution in [2.24, 2.45) is 0 Å². The standard InChI is InChI=1S/C30H34Cl3N3O7S/c1-6-24(30(38)34-7-2)35(17-19-8-11-22(32)23(33)14-19)29(37)18-36(25-15-20(31)9-12-26(25)41-3)44(39,40)21-10-13-27(42-4)28(16-21)43-5/h8-16,24H,6-7,17-18H2,1-5H3,(H,34,38)/t24-/m1/s1. The van der Waals surface area contributed by atoms with Gasteiger partial charge in [0, 0.05) is 24.2 Å². The Hall–Kier alpha value is -3.38. The summed E-state index contributed by atoms with van der Waals surface area (Å²) in [6, 6.07) is 12.4. The Morgan fingerprint density at radius 1 is 0.841 bits per heavy atom. The van der Waals surface area contributed by atoms with E-state index >= 15 is 0 Å². The second-order valence-corrected chi connectivity index (χ2v) is 12.5. The summed E-state index contributed by atoms with van der Waals surface area (Å²) in [7, 11) is -0.292. The van der Waals surface area contributed by atoms with Gasteiger partial charge in [0.25, 0.3) is 10.0 Å². The monoisotopic (exact) mass is 685 g/mol. The molecule has 3 rings (SSSR count). The SMILES string of the molecule is CCNC(=O)[C@@H](CC)N(Cc1ccc(Cl)c(Cl)c1)C(=O)CN(c1cc(Cl)ccc1OC)S(=O)(=O)c1ccc(OC)c(OC)c1. The zero-order chi connectivity index (χ0) is 32.6. The van der Waals surface area contributed by atoms with Crippen LogP contribution in [-0.4, -0.2) is 65.6 Å². The molecule has 2 amide bonds. The topological polar surface area (TPSA) is 114 Å². The Morgan fingerprint density at radius 3 is 2.09 bits per heavy atom. The van der Waals surface area contributed by atoms with Crippen molar-refractivity contribution in [3.63, 3.8) is 0 Å². The van der Waals surface area contributed by atoms with E-state index in [2.05, 4.69) is 5.32 Å². The van der Waals surface area contributed by atoms with E-state index < -0.39 is 34.4 Å². The number of nitrogens with zero attached hydrogens (tertiary/aromatic N) is 2. The minimum absolute atomic E-state index is 0.0173. The van der Waals surface area contributed by atoms with E-state index in [1.807, 2.05) is 0 Å². The molecule has 0 unspecified atom stereocenters. The van der Waals surface area contributed by atoms with Gasteiger partial charge in [0.1, 0.15) is 18.3 Å². The van der Waals surface area contributed by atoms with E-state index in [0.717, 1.165) is 4.31 Å². The molecule has 0 aromatic heterocycles. The van der Waals surface area contributed by atoms with Crippen LogP contribution in [0.15, 0.2) is 59.5 Å². The van der Waals surface area contributed by atoms with Gasteiger partial charge in [0.15, 0.2) is 11.5 Å². The lowest BCUT2D eigenvalue weighted by Crippen LogP contribution is -2.52. The number of hydrogen-bond acceptors (Lipinski definition) is 7. The number of ether oxygens (including phenoxy) is 3. The fraction of sp³-hybridized carbons (Fsp3) is 0.333. The number of sulfonamides is 1. The van der Waals surface area contributed by atoms with Gasteiger partial charge in [-0.2, -0.15) is 0 Å². The maximum Gasteiger partial charge on any atom is 0.265 e. The van der Waals surface area contributed by atoms with Crippen LogP contribution < -0.4 is 23.8 Å². The zero-order valence-electron chi connectivity index (χ0n) is 24.9. The summed E-state index contributed by atoms with van der Waals surface area (Å²) >= 11 is 18.6. The first-order valence-electron chi connectivity index (χ1n) is 13.5. The van der Waals surface area contributed by atoms with E-state index in [0.29, 0.717) is 22.9 Å². The van der Waals surface area contributed by atoms with Crippen LogP contribution in [0.5, 0.6) is 17.2 Å². The van der Waals surface area contributed by atoms with Gasteiger partial charge in [-0.25, -0.2) is 8.42 Å². The Labute approximate surface area is 272 Å². The van der Waals surface area contributed by atoms with Crippen LogP contribution >= 0.6 is 34.8 Å². The summed E-state index contributed by atoms with van der Waals surface area (Å²) in [5.41, 5.74) is 0.605. The molecule has 0 bridgehead atoms. The molecule has 0 fully saturated rings. The predicted molar refractivity (Wildman–Crippen MR) is 172 cm³/mol. The van der Waals surface area contributed by atoms with Crippen LogP contribution in [0.4, 0.5) is 5.69 Å². The first-order chi connectivity index (χ1) is 20.9. The van der Waals surface area contributed by atoms with Crippen molar-refractivity contribution in [1.29, 1.82) is 0 Å². The molecule has 10 nitrogen and oxygen atoms in total. The molecule has 0 spiro atoms. The average Bonchev–Trinajstić information content (AvgIpc) is 3.00. The van der Waals surface area contributed by atoms with E-state index in [1.54, 1.807) is 32.0 Å². The van der Waals surface area contributed by atoms with Crippen LogP contribution in [0.25, 0.3) is 0 Å². The van der Waals surface area contributed by atoms with Crippen LogP contribution in [0.2, 0.25) is 15.1 Å². The number of carbonyl (C=O) groups is 2. The smallest absolute Gasteiger partial charge is 0.265 e. The molecule has 0 saturated carbocycles. The van der Waals surface area contributed by atoms with E-state index in [4.69, 9.17) is 49.0 Å². The third kappa shape index (κ3) is 8.01. The Balaban J connectivity index is 2.18. The van der Waals surface area contributed by atoms with Crippen LogP contribution in [0.1, 0.15) is 25.8 Å². The van der Waals surface area contributed by atoms with Crippen molar-refractivity contribution in [2.75, 3.05) is 38.7 Å². The normalized spacial score (nSPS) is 11.8. The van der Waals surface area contributed by atoms with E-state index in [1.165, 1.54) is 62.6 Å². The first kappa shape index (κ1) is 35.1. The Bertz CT molecular complexity index is 1600. The molecule has 3 aromatic rings. The second kappa shape index (κ2) is 15.6. The molecular weight excluding hydrogens is 653 g/mol. The number of rotatable bonds is 14. The molecule has 1 N–H and O–H groups in total. The van der Waals surface area contributed by atoms with Gasteiger partial charge in [-0.05, 0) is 61.4 Å². The maximum atomic E-state index is 14.3. The minimum Gasteiger partial charge on any atom is -0.495 e. The van der Waals surface area contributed by atoms with Crippen molar-refractivity contribution in [2.45, 2.75) is 37.8 Å². The zero-order valence-corrected chi connectivity index (χ0v) is 28.0. The number of benzene rings is 3. The fourth-order valence-electron chi connectivity index (χ4n) is 4.52. The molecule has 3 aromatic carbocycles. The molecule has 0 heterocycles. The van der Waals surface area contributed by atoms with Crippen molar-refractivity contribution in [3.8, 4) is 17.2 Å². The molecule has 1 atom stereocenters. The number of anilines is 1. The van der Waals surface area contributed by atoms with Gasteiger partial charge in [-0.15, -0.1) is 0 Å². The number of likely N-dealkylation sites (N-methyl/N-ethyl adjacent to an activating group) is 1. The van der Waals surface area contributed by atoms with Gasteiger partial charge < -0.3 is 24.4 Å². The molecule has 0 radical (unpaired) electrons. The predicted octanol–water partition coefficient (Wildman–Crippen LogP) is 5.81. The van der Waals surface area contributed by atoms with Crippen molar-refractivity contribution < 1.29 is 32.2 Å². The lowest BCUT2D eigenvalue weighted by molar-refractivity contribution is -0.140. The van der Waals surface area contributed by atoms with E-state index in [9.17, 15) is 18.0 Å². The van der Waals surface area contributed by atoms with Gasteiger partial charge >= 0.3 is 0 Å². The summed E-state index contributed by atoms with van der Waals surface area (Å²) < 4.78 is 45.6. The summed E-state index contributed by atoms with van der Waals surface area (Å²) in [5.74, 6) is -0.423. The van der Waals surface area contributed by atoms with Gasteiger partial charge in [-0.3, -0.25) is 13.9 Å². The number of carbonyl (C=O) groups excluding carboxylic acids is 2. The van der Waals surface area contributed by atoms with Crippen LogP contribution in [0.3, 0.4) is 0 Å². The number of nitrogens with one attached hydrogen (secondary N) is 1. The van der Waals surface area contributed by atoms with Gasteiger partial charge in [0.2, 0.25) is 11.8 Å². The summed E-state index contributed by atoms with van der Waals surface area (Å²) in [4.78, 5) is 28.5. The number of halogens is 3. The molecule has 0 aliphatic heterocycles. The van der Waals surface area contributed by atoms with Crippen molar-refractivity contribution in [3.05, 3.63) is 75.2 Å². The van der Waals surface area contributed by atoms with Crippen LogP contribution in [0, 0.1) is 0 Å². The minimum atomic E-state index is -4.47. The fourth-order valence-corrected chi connectivity index (χ4v) is 6.44. The number of hydrogen-bond donors (Lipinski definition) is 1. The molecule has 44 heavy (non-hydrogen) atoms. The lowest BCUT2D eigenvalue weighted by atomic mass is 10.1. The third-order valence-electron chi connectivity index (χ3n) is 6.71. The maximum absolute atomic E-state index is 14.3. The summed E-state index contributed by atoms with van der Waals surface area (Å²) in [6.45, 7) is 3.10. The molecule has 0 saturated heterocycles. The Morgan fingerprint density at radius 2 is 1.50 bits per heavy atom. The first-order valence-corrected chi connectivity index (χ1v) is 16.1. The highest BCUT2D eigenvalue weighted by Crippen LogP contribution is 2.37. The summed E-state index contributed by atoms with van der Waals surface area (Å²) in [5, 5.41) is 3.55. The number of methoxy groups -OCH3 is 3. The molecular formula is C30H34Cl3N3O7S. The van der Waals surface area contributed by atoms with Crippen molar-refractivity contribution in [1.82, 2.24) is 10.2 Å². The largest absolute Gasteiger partial charge is 0.495 e. The number of amides is 2. The van der Waals surface area contributed by atoms with E-state index in [-0.39, 0.29) is 45.1 Å². The highest BCUT2D eigenvalue weighted by atomic mass is 35.5. The molecule has 14 heteroatoms. The lowest BCUT2D eigenvalue weighted by Gasteiger charge is -2.33. The highest BCUT2D eigenvalue weighted by molar-refractivity contribution is 7.92. The van der Waals surface area contributed by atoms with Gasteiger partial charge in [-0.1, -0.05) is 47.8 Å². The summed E-state index contributed by atoms with van der Waals surface area (Å²) in [6.07, 6.45) is 0.252. The average molecular weight is 687 g/mol. The highest BCUT2D eigenvalue weighted by Gasteiger charge is 2.35. The molecule has 238 valence electrons. The molecule has 0 aliphatic rings. The Kier molecular flexibility index (Phi) is 12.4. The van der Waals surface area contributed by atoms with Crippen molar-refractivity contribution >= 4 is 62.3 Å². The second-order valence-electron chi connectivity index (χ2n) is 9.43. The van der Waals surface area contributed by atoms with Crippen LogP contribution in [-0.2, 0) is 26.2 Å². The molecule has 0 aliphatic carbocycles.